The van der Waals surface area contributed by atoms with Crippen LogP contribution in [0.3, 0.4) is 0 Å². The first-order valence-electron chi connectivity index (χ1n) is 19.9. The lowest BCUT2D eigenvalue weighted by atomic mass is 10.0. The predicted octanol–water partition coefficient (Wildman–Crippen LogP) is 14.8. The summed E-state index contributed by atoms with van der Waals surface area (Å²) in [6, 6.07) is 0. The number of unbranched alkanes of at least 4 members (excludes halogenated alkanes) is 31. The van der Waals surface area contributed by atoms with Gasteiger partial charge in [-0.25, -0.2) is 0 Å². The average molecular weight is 577 g/mol. The minimum atomic E-state index is 1.26. The molecular formula is C40H82N. The molecule has 0 saturated carbocycles. The van der Waals surface area contributed by atoms with E-state index in [-0.39, 0.29) is 0 Å². The lowest BCUT2D eigenvalue weighted by molar-refractivity contribution is 0.304. The Morgan fingerprint density at radius 3 is 0.707 bits per heavy atom. The molecule has 0 aliphatic heterocycles. The highest BCUT2D eigenvalue weighted by Gasteiger charge is 2.05. The first-order chi connectivity index (χ1) is 20.3. The standard InChI is InChI=1S/C40H82N/c1-4-7-10-12-14-16-18-20-22-24-26-28-30-32-34-36-39-41(38-9-6-3)40-37-35-33-31-29-27-25-23-21-19-17-15-13-11-8-5-2/h38H,4-37,39-40H2,1-3H3. The summed E-state index contributed by atoms with van der Waals surface area (Å²) in [5.74, 6) is 0. The Morgan fingerprint density at radius 1 is 0.268 bits per heavy atom. The smallest absolute Gasteiger partial charge is 0.0251 e. The van der Waals surface area contributed by atoms with E-state index in [0.717, 1.165) is 0 Å². The second-order valence-electron chi connectivity index (χ2n) is 13.6. The molecule has 0 unspecified atom stereocenters. The Kier molecular flexibility index (Phi) is 37.9. The van der Waals surface area contributed by atoms with Crippen LogP contribution in [0.1, 0.15) is 239 Å². The SMILES string of the molecule is CCC[CH]N(CCCCCCCCCCCCCCCCCC)CCCCCCCCCCCCCCCCCC. The van der Waals surface area contributed by atoms with Gasteiger partial charge in [-0.1, -0.05) is 220 Å². The fourth-order valence-corrected chi connectivity index (χ4v) is 6.33. The average Bonchev–Trinajstić information content (AvgIpc) is 2.98. The van der Waals surface area contributed by atoms with Crippen LogP contribution in [0.4, 0.5) is 0 Å². The zero-order chi connectivity index (χ0) is 29.7. The lowest BCUT2D eigenvalue weighted by Crippen LogP contribution is -2.23. The summed E-state index contributed by atoms with van der Waals surface area (Å²) in [4.78, 5) is 2.68. The normalized spacial score (nSPS) is 11.7. The second kappa shape index (κ2) is 38.0. The van der Waals surface area contributed by atoms with Crippen LogP contribution in [-0.2, 0) is 0 Å². The Labute approximate surface area is 263 Å². The van der Waals surface area contributed by atoms with E-state index in [9.17, 15) is 0 Å². The van der Waals surface area contributed by atoms with Crippen molar-refractivity contribution in [2.24, 2.45) is 0 Å². The van der Waals surface area contributed by atoms with E-state index in [1.807, 2.05) is 0 Å². The van der Waals surface area contributed by atoms with Crippen molar-refractivity contribution in [3.05, 3.63) is 6.54 Å². The van der Waals surface area contributed by atoms with Gasteiger partial charge in [0.1, 0.15) is 0 Å². The van der Waals surface area contributed by atoms with E-state index in [2.05, 4.69) is 32.2 Å². The summed E-state index contributed by atoms with van der Waals surface area (Å²) < 4.78 is 0. The molecule has 247 valence electrons. The van der Waals surface area contributed by atoms with E-state index in [1.165, 1.54) is 231 Å². The Balaban J connectivity index is 3.44. The molecule has 0 aliphatic rings. The molecule has 1 radical (unpaired) electrons. The second-order valence-corrected chi connectivity index (χ2v) is 13.6. The van der Waals surface area contributed by atoms with Crippen LogP contribution >= 0.6 is 0 Å². The molecule has 0 rings (SSSR count). The lowest BCUT2D eigenvalue weighted by Gasteiger charge is -2.21. The third-order valence-corrected chi connectivity index (χ3v) is 9.27. The minimum Gasteiger partial charge on any atom is -0.299 e. The van der Waals surface area contributed by atoms with Crippen LogP contribution in [0, 0.1) is 6.54 Å². The van der Waals surface area contributed by atoms with Gasteiger partial charge in [-0.15, -0.1) is 0 Å². The molecule has 0 heterocycles. The Hall–Kier alpha value is -0.0400. The predicted molar refractivity (Wildman–Crippen MR) is 190 cm³/mol. The van der Waals surface area contributed by atoms with Crippen molar-refractivity contribution in [2.45, 2.75) is 239 Å². The molecule has 0 aliphatic carbocycles. The third kappa shape index (κ3) is 36.1. The van der Waals surface area contributed by atoms with Crippen molar-refractivity contribution in [1.29, 1.82) is 0 Å². The first-order valence-corrected chi connectivity index (χ1v) is 19.9. The fraction of sp³-hybridized carbons (Fsp3) is 0.975. The number of hydrogen-bond acceptors (Lipinski definition) is 1. The van der Waals surface area contributed by atoms with Gasteiger partial charge in [0.2, 0.25) is 0 Å². The Bertz CT molecular complexity index is 397. The molecule has 0 amide bonds. The molecule has 1 nitrogen and oxygen atoms in total. The summed E-state index contributed by atoms with van der Waals surface area (Å²) in [5, 5.41) is 0. The van der Waals surface area contributed by atoms with Crippen LogP contribution in [0.25, 0.3) is 0 Å². The van der Waals surface area contributed by atoms with Crippen molar-refractivity contribution in [3.63, 3.8) is 0 Å². The summed E-state index contributed by atoms with van der Waals surface area (Å²) in [5.41, 5.74) is 0. The topological polar surface area (TPSA) is 3.24 Å². The molecule has 0 saturated heterocycles. The van der Waals surface area contributed by atoms with Gasteiger partial charge >= 0.3 is 0 Å². The fourth-order valence-electron chi connectivity index (χ4n) is 6.33. The van der Waals surface area contributed by atoms with E-state index < -0.39 is 0 Å². The third-order valence-electron chi connectivity index (χ3n) is 9.27. The van der Waals surface area contributed by atoms with Gasteiger partial charge in [0.05, 0.1) is 0 Å². The molecule has 0 aromatic rings. The van der Waals surface area contributed by atoms with Gasteiger partial charge in [0.25, 0.3) is 0 Å². The maximum absolute atomic E-state index is 2.68. The number of nitrogens with zero attached hydrogens (tertiary/aromatic N) is 1. The molecule has 0 N–H and O–H groups in total. The van der Waals surface area contributed by atoms with E-state index >= 15 is 0 Å². The maximum Gasteiger partial charge on any atom is 0.0251 e. The Morgan fingerprint density at radius 2 is 0.488 bits per heavy atom. The minimum absolute atomic E-state index is 1.26. The molecule has 0 bridgehead atoms. The van der Waals surface area contributed by atoms with Crippen LogP contribution in [0.2, 0.25) is 0 Å². The van der Waals surface area contributed by atoms with Gasteiger partial charge in [-0.05, 0) is 32.4 Å². The zero-order valence-electron chi connectivity index (χ0n) is 29.5. The summed E-state index contributed by atoms with van der Waals surface area (Å²) in [6.07, 6.45) is 49.3. The van der Waals surface area contributed by atoms with E-state index in [1.54, 1.807) is 0 Å². The van der Waals surface area contributed by atoms with E-state index in [4.69, 9.17) is 0 Å². The van der Waals surface area contributed by atoms with E-state index in [0.29, 0.717) is 0 Å². The van der Waals surface area contributed by atoms with Crippen LogP contribution in [-0.4, -0.2) is 18.0 Å². The van der Waals surface area contributed by atoms with Gasteiger partial charge in [0, 0.05) is 6.54 Å². The van der Waals surface area contributed by atoms with Crippen LogP contribution in [0.15, 0.2) is 0 Å². The molecule has 41 heavy (non-hydrogen) atoms. The monoisotopic (exact) mass is 577 g/mol. The van der Waals surface area contributed by atoms with Gasteiger partial charge < -0.3 is 0 Å². The van der Waals surface area contributed by atoms with Crippen LogP contribution in [0.5, 0.6) is 0 Å². The summed E-state index contributed by atoms with van der Waals surface area (Å²) in [7, 11) is 0. The van der Waals surface area contributed by atoms with Crippen molar-refractivity contribution in [3.8, 4) is 0 Å². The quantitative estimate of drug-likeness (QED) is 0.0665. The van der Waals surface area contributed by atoms with Gasteiger partial charge in [-0.2, -0.15) is 0 Å². The first kappa shape index (κ1) is 41.0. The highest BCUT2D eigenvalue weighted by atomic mass is 15.1. The zero-order valence-corrected chi connectivity index (χ0v) is 29.5. The maximum atomic E-state index is 2.68. The molecule has 0 spiro atoms. The van der Waals surface area contributed by atoms with Gasteiger partial charge in [0.15, 0.2) is 0 Å². The van der Waals surface area contributed by atoms with Crippen molar-refractivity contribution in [2.75, 3.05) is 13.1 Å². The van der Waals surface area contributed by atoms with Crippen molar-refractivity contribution < 1.29 is 0 Å². The molecule has 0 aromatic heterocycles. The largest absolute Gasteiger partial charge is 0.299 e. The highest BCUT2D eigenvalue weighted by molar-refractivity contribution is 4.69. The summed E-state index contributed by atoms with van der Waals surface area (Å²) >= 11 is 0. The number of rotatable bonds is 37. The van der Waals surface area contributed by atoms with Crippen molar-refractivity contribution >= 4 is 0 Å². The molecule has 0 atom stereocenters. The highest BCUT2D eigenvalue weighted by Crippen LogP contribution is 2.16. The van der Waals surface area contributed by atoms with Crippen LogP contribution < -0.4 is 0 Å². The summed E-state index contributed by atoms with van der Waals surface area (Å²) in [6.45, 7) is 12.1. The molecule has 0 aromatic carbocycles. The van der Waals surface area contributed by atoms with Crippen molar-refractivity contribution in [1.82, 2.24) is 4.90 Å². The van der Waals surface area contributed by atoms with Gasteiger partial charge in [-0.3, -0.25) is 4.90 Å². The molecule has 0 fully saturated rings. The molecule has 1 heteroatoms. The molecular weight excluding hydrogens is 494 g/mol. The number of hydrogen-bond donors (Lipinski definition) is 0.